The molecule has 0 aliphatic heterocycles. The zero-order valence-electron chi connectivity index (χ0n) is 15.1. The summed E-state index contributed by atoms with van der Waals surface area (Å²) in [5, 5.41) is 9.07. The molecule has 0 bridgehead atoms. The van der Waals surface area contributed by atoms with Crippen molar-refractivity contribution in [3.05, 3.63) is 90.1 Å². The van der Waals surface area contributed by atoms with Crippen LogP contribution < -0.4 is 5.32 Å². The van der Waals surface area contributed by atoms with Gasteiger partial charge in [-0.25, -0.2) is 4.68 Å². The van der Waals surface area contributed by atoms with Crippen LogP contribution in [0.5, 0.6) is 0 Å². The fourth-order valence-corrected chi connectivity index (χ4v) is 3.29. The Morgan fingerprint density at radius 3 is 2.30 bits per heavy atom. The summed E-state index contributed by atoms with van der Waals surface area (Å²) < 4.78 is 1.91. The summed E-state index contributed by atoms with van der Waals surface area (Å²) in [5.74, 6) is 0. The lowest BCUT2D eigenvalue weighted by molar-refractivity contribution is 0.884. The Hall–Kier alpha value is -3.04. The number of para-hydroxylation sites is 1. The highest BCUT2D eigenvalue weighted by molar-refractivity contribution is 6.30. The summed E-state index contributed by atoms with van der Waals surface area (Å²) in [4.78, 5) is 0. The molecule has 4 aromatic rings. The van der Waals surface area contributed by atoms with Gasteiger partial charge in [0, 0.05) is 40.1 Å². The maximum Gasteiger partial charge on any atom is 0.101 e. The van der Waals surface area contributed by atoms with Crippen molar-refractivity contribution in [3.63, 3.8) is 0 Å². The first kappa shape index (κ1) is 17.4. The number of hydrogen-bond donors (Lipinski definition) is 1. The summed E-state index contributed by atoms with van der Waals surface area (Å²) in [5.41, 5.74) is 6.35. The minimum Gasteiger partial charge on any atom is -0.385 e. The van der Waals surface area contributed by atoms with Crippen LogP contribution in [-0.2, 0) is 0 Å². The van der Waals surface area contributed by atoms with E-state index in [1.807, 2.05) is 53.2 Å². The summed E-state index contributed by atoms with van der Waals surface area (Å²) in [6.45, 7) is 2.97. The number of nitrogens with zero attached hydrogens (tertiary/aromatic N) is 2. The number of hydrogen-bond acceptors (Lipinski definition) is 2. The smallest absolute Gasteiger partial charge is 0.101 e. The van der Waals surface area contributed by atoms with Crippen molar-refractivity contribution >= 4 is 17.3 Å². The molecule has 3 nitrogen and oxygen atoms in total. The van der Waals surface area contributed by atoms with E-state index in [4.69, 9.17) is 16.7 Å². The number of nitrogens with one attached hydrogen (secondary N) is 1. The Morgan fingerprint density at radius 2 is 1.56 bits per heavy atom. The Labute approximate surface area is 164 Å². The molecule has 0 unspecified atom stereocenters. The van der Waals surface area contributed by atoms with Gasteiger partial charge in [-0.2, -0.15) is 5.10 Å². The summed E-state index contributed by atoms with van der Waals surface area (Å²) in [6, 6.07) is 26.3. The Balaban J connectivity index is 1.91. The summed E-state index contributed by atoms with van der Waals surface area (Å²) in [6.07, 6.45) is 2.09. The monoisotopic (exact) mass is 373 g/mol. The molecule has 0 radical (unpaired) electrons. The van der Waals surface area contributed by atoms with Crippen LogP contribution in [0.1, 0.15) is 6.92 Å². The first-order valence-corrected chi connectivity index (χ1v) is 9.38. The van der Waals surface area contributed by atoms with Crippen molar-refractivity contribution in [2.75, 3.05) is 11.9 Å². The Kier molecular flexibility index (Phi) is 4.95. The minimum absolute atomic E-state index is 0.715. The van der Waals surface area contributed by atoms with E-state index in [1.54, 1.807) is 0 Å². The van der Waals surface area contributed by atoms with Gasteiger partial charge in [0.2, 0.25) is 0 Å². The Morgan fingerprint density at radius 1 is 0.852 bits per heavy atom. The molecular weight excluding hydrogens is 354 g/mol. The lowest BCUT2D eigenvalue weighted by Gasteiger charge is -2.10. The van der Waals surface area contributed by atoms with Crippen LogP contribution in [0.2, 0.25) is 5.02 Å². The van der Waals surface area contributed by atoms with E-state index in [1.165, 1.54) is 0 Å². The number of aromatic nitrogens is 2. The standard InChI is InChI=1S/C23H20ClN3/c1-2-25-22-11-7-6-10-20(22)21-16-27(19-14-12-18(24)13-15-19)26-23(21)17-8-4-3-5-9-17/h3-16,25H,2H2,1H3. The van der Waals surface area contributed by atoms with Crippen LogP contribution in [0.15, 0.2) is 85.1 Å². The van der Waals surface area contributed by atoms with Gasteiger partial charge in [-0.1, -0.05) is 60.1 Å². The minimum atomic E-state index is 0.715. The largest absolute Gasteiger partial charge is 0.385 e. The van der Waals surface area contributed by atoms with Crippen molar-refractivity contribution in [1.29, 1.82) is 0 Å². The molecule has 0 aliphatic carbocycles. The van der Waals surface area contributed by atoms with Gasteiger partial charge in [-0.3, -0.25) is 0 Å². The molecule has 27 heavy (non-hydrogen) atoms. The first-order chi connectivity index (χ1) is 13.3. The number of halogens is 1. The van der Waals surface area contributed by atoms with Crippen molar-refractivity contribution < 1.29 is 0 Å². The molecular formula is C23H20ClN3. The SMILES string of the molecule is CCNc1ccccc1-c1cn(-c2ccc(Cl)cc2)nc1-c1ccccc1. The van der Waals surface area contributed by atoms with Crippen molar-refractivity contribution in [2.24, 2.45) is 0 Å². The molecule has 0 saturated carbocycles. The van der Waals surface area contributed by atoms with E-state index in [2.05, 4.69) is 48.8 Å². The van der Waals surface area contributed by atoms with Crippen LogP contribution >= 0.6 is 11.6 Å². The van der Waals surface area contributed by atoms with E-state index in [0.717, 1.165) is 40.3 Å². The fraction of sp³-hybridized carbons (Fsp3) is 0.0870. The van der Waals surface area contributed by atoms with E-state index in [0.29, 0.717) is 5.02 Å². The molecule has 3 aromatic carbocycles. The second kappa shape index (κ2) is 7.68. The fourth-order valence-electron chi connectivity index (χ4n) is 3.17. The highest BCUT2D eigenvalue weighted by atomic mass is 35.5. The predicted octanol–water partition coefficient (Wildman–Crippen LogP) is 6.29. The zero-order chi connectivity index (χ0) is 18.6. The third kappa shape index (κ3) is 3.60. The van der Waals surface area contributed by atoms with Crippen molar-refractivity contribution in [3.8, 4) is 28.1 Å². The third-order valence-corrected chi connectivity index (χ3v) is 4.69. The van der Waals surface area contributed by atoms with Gasteiger partial charge in [0.25, 0.3) is 0 Å². The highest BCUT2D eigenvalue weighted by Gasteiger charge is 2.16. The maximum absolute atomic E-state index is 6.04. The highest BCUT2D eigenvalue weighted by Crippen LogP contribution is 2.36. The quantitative estimate of drug-likeness (QED) is 0.445. The summed E-state index contributed by atoms with van der Waals surface area (Å²) in [7, 11) is 0. The van der Waals surface area contributed by atoms with Gasteiger partial charge in [0.05, 0.1) is 5.69 Å². The average molecular weight is 374 g/mol. The second-order valence-corrected chi connectivity index (χ2v) is 6.69. The van der Waals surface area contributed by atoms with Gasteiger partial charge >= 0.3 is 0 Å². The maximum atomic E-state index is 6.04. The molecule has 0 fully saturated rings. The van der Waals surface area contributed by atoms with Gasteiger partial charge in [-0.15, -0.1) is 0 Å². The molecule has 1 N–H and O–H groups in total. The first-order valence-electron chi connectivity index (χ1n) is 9.00. The molecule has 0 spiro atoms. The predicted molar refractivity (Wildman–Crippen MR) is 114 cm³/mol. The van der Waals surface area contributed by atoms with E-state index in [9.17, 15) is 0 Å². The molecule has 1 heterocycles. The van der Waals surface area contributed by atoms with Gasteiger partial charge in [0.1, 0.15) is 5.69 Å². The van der Waals surface area contributed by atoms with Crippen LogP contribution in [0, 0.1) is 0 Å². The third-order valence-electron chi connectivity index (χ3n) is 4.44. The lowest BCUT2D eigenvalue weighted by atomic mass is 10.0. The zero-order valence-corrected chi connectivity index (χ0v) is 15.8. The molecule has 4 rings (SSSR count). The molecule has 4 heteroatoms. The van der Waals surface area contributed by atoms with E-state index < -0.39 is 0 Å². The normalized spacial score (nSPS) is 10.7. The molecule has 0 saturated heterocycles. The lowest BCUT2D eigenvalue weighted by Crippen LogP contribution is -1.98. The van der Waals surface area contributed by atoms with Gasteiger partial charge in [-0.05, 0) is 37.3 Å². The van der Waals surface area contributed by atoms with Gasteiger partial charge in [0.15, 0.2) is 0 Å². The molecule has 0 aliphatic rings. The number of rotatable bonds is 5. The molecule has 134 valence electrons. The van der Waals surface area contributed by atoms with Crippen LogP contribution in [0.25, 0.3) is 28.1 Å². The molecule has 0 atom stereocenters. The molecule has 0 amide bonds. The van der Waals surface area contributed by atoms with E-state index in [-0.39, 0.29) is 0 Å². The number of benzene rings is 3. The summed E-state index contributed by atoms with van der Waals surface area (Å²) >= 11 is 6.04. The van der Waals surface area contributed by atoms with Crippen LogP contribution in [0.3, 0.4) is 0 Å². The van der Waals surface area contributed by atoms with E-state index >= 15 is 0 Å². The Bertz CT molecular complexity index is 1040. The topological polar surface area (TPSA) is 29.9 Å². The van der Waals surface area contributed by atoms with Crippen molar-refractivity contribution in [1.82, 2.24) is 9.78 Å². The molecule has 1 aromatic heterocycles. The van der Waals surface area contributed by atoms with Gasteiger partial charge < -0.3 is 5.32 Å². The average Bonchev–Trinajstić information content (AvgIpc) is 3.15. The number of anilines is 1. The van der Waals surface area contributed by atoms with Crippen molar-refractivity contribution in [2.45, 2.75) is 6.92 Å². The second-order valence-electron chi connectivity index (χ2n) is 6.25. The van der Waals surface area contributed by atoms with Crippen LogP contribution in [-0.4, -0.2) is 16.3 Å². The van der Waals surface area contributed by atoms with Crippen LogP contribution in [0.4, 0.5) is 5.69 Å².